The second kappa shape index (κ2) is 5.45. The third-order valence-electron chi connectivity index (χ3n) is 2.82. The van der Waals surface area contributed by atoms with E-state index in [-0.39, 0.29) is 5.97 Å². The summed E-state index contributed by atoms with van der Waals surface area (Å²) in [6.07, 6.45) is 1.64. The van der Waals surface area contributed by atoms with Crippen molar-refractivity contribution in [2.24, 2.45) is 0 Å². The lowest BCUT2D eigenvalue weighted by Crippen LogP contribution is -2.23. The van der Waals surface area contributed by atoms with Crippen LogP contribution >= 0.6 is 0 Å². The summed E-state index contributed by atoms with van der Waals surface area (Å²) in [5.41, 5.74) is 2.96. The topological polar surface area (TPSA) is 39.2 Å². The van der Waals surface area contributed by atoms with E-state index in [2.05, 4.69) is 4.98 Å². The Balaban J connectivity index is 2.34. The molecule has 0 amide bonds. The predicted molar refractivity (Wildman–Crippen MR) is 79.6 cm³/mol. The molecule has 0 radical (unpaired) electrons. The quantitative estimate of drug-likeness (QED) is 0.773. The number of aryl methyl sites for hydroxylation is 1. The smallest absolute Gasteiger partial charge is 0.338 e. The van der Waals surface area contributed by atoms with Gasteiger partial charge in [0.15, 0.2) is 0 Å². The number of hydrogen-bond acceptors (Lipinski definition) is 3. The minimum atomic E-state index is -0.497. The summed E-state index contributed by atoms with van der Waals surface area (Å²) in [5, 5.41) is 0. The van der Waals surface area contributed by atoms with E-state index >= 15 is 0 Å². The van der Waals surface area contributed by atoms with Crippen molar-refractivity contribution in [3.05, 3.63) is 53.7 Å². The lowest BCUT2D eigenvalue weighted by atomic mass is 10.0. The first-order valence-corrected chi connectivity index (χ1v) is 6.62. The molecular formula is C17H19NO2. The van der Waals surface area contributed by atoms with Gasteiger partial charge in [0.25, 0.3) is 0 Å². The fraction of sp³-hybridized carbons (Fsp3) is 0.294. The van der Waals surface area contributed by atoms with Crippen LogP contribution in [0, 0.1) is 6.92 Å². The molecule has 0 aliphatic rings. The van der Waals surface area contributed by atoms with Crippen LogP contribution in [0.15, 0.2) is 42.6 Å². The van der Waals surface area contributed by atoms with Crippen molar-refractivity contribution < 1.29 is 9.53 Å². The number of carbonyl (C=O) groups excluding carboxylic acids is 1. The highest BCUT2D eigenvalue weighted by atomic mass is 16.6. The van der Waals surface area contributed by atoms with Crippen molar-refractivity contribution in [1.29, 1.82) is 0 Å². The maximum atomic E-state index is 12.1. The Morgan fingerprint density at radius 2 is 1.85 bits per heavy atom. The molecule has 2 aromatic rings. The zero-order chi connectivity index (χ0) is 14.8. The van der Waals surface area contributed by atoms with Gasteiger partial charge < -0.3 is 4.74 Å². The number of nitrogens with zero attached hydrogens (tertiary/aromatic N) is 1. The van der Waals surface area contributed by atoms with Crippen molar-refractivity contribution in [3.8, 4) is 11.3 Å². The number of benzene rings is 1. The first-order chi connectivity index (χ1) is 9.37. The summed E-state index contributed by atoms with van der Waals surface area (Å²) in [7, 11) is 0. The van der Waals surface area contributed by atoms with Gasteiger partial charge in [0.2, 0.25) is 0 Å². The molecule has 0 aliphatic carbocycles. The average molecular weight is 269 g/mol. The van der Waals surface area contributed by atoms with Crippen LogP contribution in [0.1, 0.15) is 36.7 Å². The Kier molecular flexibility index (Phi) is 3.89. The molecule has 3 heteroatoms. The second-order valence-corrected chi connectivity index (χ2v) is 5.75. The Hall–Kier alpha value is -2.16. The van der Waals surface area contributed by atoms with Crippen molar-refractivity contribution in [3.63, 3.8) is 0 Å². The predicted octanol–water partition coefficient (Wildman–Crippen LogP) is 4.01. The molecule has 0 bridgehead atoms. The van der Waals surface area contributed by atoms with E-state index in [1.807, 2.05) is 52.0 Å². The summed E-state index contributed by atoms with van der Waals surface area (Å²) in [5.74, 6) is -0.324. The number of esters is 1. The molecule has 0 spiro atoms. The Labute approximate surface area is 119 Å². The Morgan fingerprint density at radius 3 is 2.50 bits per heavy atom. The SMILES string of the molecule is Cc1ccccc1-c1cc(C(=O)OC(C)(C)C)ccn1. The van der Waals surface area contributed by atoms with Gasteiger partial charge in [-0.3, -0.25) is 4.98 Å². The summed E-state index contributed by atoms with van der Waals surface area (Å²) in [4.78, 5) is 16.4. The van der Waals surface area contributed by atoms with Crippen LogP contribution in [0.5, 0.6) is 0 Å². The van der Waals surface area contributed by atoms with Gasteiger partial charge in [-0.2, -0.15) is 0 Å². The highest BCUT2D eigenvalue weighted by molar-refractivity contribution is 5.90. The van der Waals surface area contributed by atoms with Crippen molar-refractivity contribution >= 4 is 5.97 Å². The maximum absolute atomic E-state index is 12.1. The molecule has 2 rings (SSSR count). The van der Waals surface area contributed by atoms with E-state index in [9.17, 15) is 4.79 Å². The highest BCUT2D eigenvalue weighted by Gasteiger charge is 2.18. The van der Waals surface area contributed by atoms with Crippen molar-refractivity contribution in [1.82, 2.24) is 4.98 Å². The van der Waals surface area contributed by atoms with Crippen LogP contribution in [0.25, 0.3) is 11.3 Å². The molecule has 0 aliphatic heterocycles. The lowest BCUT2D eigenvalue weighted by molar-refractivity contribution is 0.00694. The van der Waals surface area contributed by atoms with E-state index < -0.39 is 5.60 Å². The minimum Gasteiger partial charge on any atom is -0.456 e. The van der Waals surface area contributed by atoms with Gasteiger partial charge >= 0.3 is 5.97 Å². The fourth-order valence-electron chi connectivity index (χ4n) is 1.90. The zero-order valence-corrected chi connectivity index (χ0v) is 12.3. The summed E-state index contributed by atoms with van der Waals surface area (Å²) in [6, 6.07) is 11.4. The number of rotatable bonds is 2. The van der Waals surface area contributed by atoms with Gasteiger partial charge in [-0.15, -0.1) is 0 Å². The van der Waals surface area contributed by atoms with Crippen LogP contribution in [-0.2, 0) is 4.74 Å². The monoisotopic (exact) mass is 269 g/mol. The van der Waals surface area contributed by atoms with Crippen LogP contribution in [-0.4, -0.2) is 16.6 Å². The zero-order valence-electron chi connectivity index (χ0n) is 12.3. The molecule has 3 nitrogen and oxygen atoms in total. The molecule has 1 aromatic heterocycles. The number of pyridine rings is 1. The lowest BCUT2D eigenvalue weighted by Gasteiger charge is -2.19. The molecular weight excluding hydrogens is 250 g/mol. The molecule has 1 aromatic carbocycles. The number of aromatic nitrogens is 1. The van der Waals surface area contributed by atoms with E-state index in [0.29, 0.717) is 5.56 Å². The first-order valence-electron chi connectivity index (χ1n) is 6.62. The second-order valence-electron chi connectivity index (χ2n) is 5.75. The fourth-order valence-corrected chi connectivity index (χ4v) is 1.90. The van der Waals surface area contributed by atoms with Crippen LogP contribution in [0.3, 0.4) is 0 Å². The van der Waals surface area contributed by atoms with Gasteiger partial charge in [-0.1, -0.05) is 24.3 Å². The van der Waals surface area contributed by atoms with Gasteiger partial charge in [-0.05, 0) is 45.4 Å². The normalized spacial score (nSPS) is 11.2. The highest BCUT2D eigenvalue weighted by Crippen LogP contribution is 2.22. The molecule has 0 N–H and O–H groups in total. The minimum absolute atomic E-state index is 0.324. The standard InChI is InChI=1S/C17H19NO2/c1-12-7-5-6-8-14(12)15-11-13(9-10-18-15)16(19)20-17(2,3)4/h5-11H,1-4H3. The van der Waals surface area contributed by atoms with Crippen LogP contribution in [0.4, 0.5) is 0 Å². The van der Waals surface area contributed by atoms with Gasteiger partial charge in [-0.25, -0.2) is 4.79 Å². The van der Waals surface area contributed by atoms with Crippen molar-refractivity contribution in [2.75, 3.05) is 0 Å². The van der Waals surface area contributed by atoms with E-state index in [1.54, 1.807) is 18.3 Å². The Morgan fingerprint density at radius 1 is 1.15 bits per heavy atom. The number of carbonyl (C=O) groups is 1. The summed E-state index contributed by atoms with van der Waals surface area (Å²) >= 11 is 0. The molecule has 1 heterocycles. The summed E-state index contributed by atoms with van der Waals surface area (Å²) in [6.45, 7) is 7.59. The van der Waals surface area contributed by atoms with E-state index in [4.69, 9.17) is 4.74 Å². The van der Waals surface area contributed by atoms with Gasteiger partial charge in [0.05, 0.1) is 11.3 Å². The van der Waals surface area contributed by atoms with Crippen LogP contribution < -0.4 is 0 Å². The molecule has 0 saturated heterocycles. The largest absolute Gasteiger partial charge is 0.456 e. The van der Waals surface area contributed by atoms with Crippen LogP contribution in [0.2, 0.25) is 0 Å². The van der Waals surface area contributed by atoms with Crippen molar-refractivity contribution in [2.45, 2.75) is 33.3 Å². The third-order valence-corrected chi connectivity index (χ3v) is 2.82. The molecule has 0 unspecified atom stereocenters. The van der Waals surface area contributed by atoms with E-state index in [1.165, 1.54) is 0 Å². The maximum Gasteiger partial charge on any atom is 0.338 e. The average Bonchev–Trinajstić information content (AvgIpc) is 2.37. The molecule has 0 atom stereocenters. The third kappa shape index (κ3) is 3.44. The Bertz CT molecular complexity index is 627. The molecule has 0 saturated carbocycles. The van der Waals surface area contributed by atoms with E-state index in [0.717, 1.165) is 16.8 Å². The number of ether oxygens (including phenoxy) is 1. The number of hydrogen-bond donors (Lipinski definition) is 0. The van der Waals surface area contributed by atoms with Gasteiger partial charge in [0.1, 0.15) is 5.60 Å². The molecule has 20 heavy (non-hydrogen) atoms. The van der Waals surface area contributed by atoms with Gasteiger partial charge in [0, 0.05) is 11.8 Å². The first kappa shape index (κ1) is 14.3. The molecule has 104 valence electrons. The molecule has 0 fully saturated rings. The summed E-state index contributed by atoms with van der Waals surface area (Å²) < 4.78 is 5.38.